The molecule has 16 aromatic rings. The van der Waals surface area contributed by atoms with E-state index in [-0.39, 0.29) is 60.3 Å². The molecule has 0 atom stereocenters. The van der Waals surface area contributed by atoms with E-state index in [1.165, 1.54) is 21.3 Å². The van der Waals surface area contributed by atoms with Crippen LogP contribution in [-0.2, 0) is 42.7 Å². The molecular weight excluding hydrogens is 1520 g/mol. The summed E-state index contributed by atoms with van der Waals surface area (Å²) >= 11 is 0. The Morgan fingerprint density at radius 2 is 0.898 bits per heavy atom. The predicted molar refractivity (Wildman–Crippen MR) is 453 cm³/mol. The van der Waals surface area contributed by atoms with Crippen LogP contribution in [0.15, 0.2) is 327 Å². The fraction of sp³-hybridized carbons (Fsp3) is 0.160. The summed E-state index contributed by atoms with van der Waals surface area (Å²) < 4.78 is 351. The molecule has 3 heterocycles. The first-order valence-corrected chi connectivity index (χ1v) is 38.7. The van der Waals surface area contributed by atoms with Crippen molar-refractivity contribution in [3.05, 3.63) is 368 Å². The van der Waals surface area contributed by atoms with Gasteiger partial charge in [-0.2, -0.15) is 18.2 Å². The molecule has 0 aliphatic heterocycles. The van der Waals surface area contributed by atoms with Gasteiger partial charge in [-0.05, 0) is 143 Å². The zero-order valence-electron chi connectivity index (χ0n) is 95.1. The van der Waals surface area contributed by atoms with Gasteiger partial charge in [0.15, 0.2) is 16.1 Å². The van der Waals surface area contributed by atoms with Crippen molar-refractivity contribution >= 4 is 90.5 Å². The largest absolute Gasteiger partial charge is 0.510 e. The molecule has 13 aromatic carbocycles. The quantitative estimate of drug-likeness (QED) is 0.0444. The van der Waals surface area contributed by atoms with Crippen LogP contribution in [0.2, 0.25) is 0 Å². The van der Waals surface area contributed by atoms with Gasteiger partial charge in [0, 0.05) is 44.3 Å². The Kier molecular flexibility index (Phi) is 11.4. The number of ether oxygens (including phenoxy) is 1. The summed E-state index contributed by atoms with van der Waals surface area (Å²) in [6.45, 7) is 23.2. The molecule has 0 spiro atoms. The van der Waals surface area contributed by atoms with E-state index >= 15 is 0 Å². The number of rotatable bonds is 15. The molecule has 16 rings (SSSR count). The van der Waals surface area contributed by atoms with E-state index in [9.17, 15) is 42.5 Å². The molecule has 0 radical (unpaired) electrons. The van der Waals surface area contributed by atoms with Crippen LogP contribution in [-0.4, -0.2) is 30.3 Å². The molecule has 0 bridgehead atoms. The number of fused-ring (bicyclic) bond motifs is 4. The molecule has 0 saturated heterocycles. The maximum absolute atomic E-state index is 11.7. The topological polar surface area (TPSA) is 35.9 Å². The first-order valence-electron chi connectivity index (χ1n) is 51.7. The molecule has 5 nitrogen and oxygen atoms in total. The van der Waals surface area contributed by atoms with Gasteiger partial charge in [0.1, 0.15) is 5.82 Å². The number of pyridine rings is 1. The molecule has 0 saturated carbocycles. The molecule has 0 unspecified atom stereocenters. The van der Waals surface area contributed by atoms with Crippen LogP contribution in [0.5, 0.6) is 11.5 Å². The van der Waals surface area contributed by atoms with Gasteiger partial charge in [-0.15, -0.1) is 29.7 Å². The smallest absolute Gasteiger partial charge is 0.268 e. The van der Waals surface area contributed by atoms with Crippen molar-refractivity contribution in [1.29, 1.82) is 0 Å². The van der Waals surface area contributed by atoms with E-state index in [4.69, 9.17) is 13.8 Å². The van der Waals surface area contributed by atoms with E-state index in [2.05, 4.69) is 45.3 Å². The van der Waals surface area contributed by atoms with Gasteiger partial charge < -0.3 is 13.9 Å². The van der Waals surface area contributed by atoms with Crippen molar-refractivity contribution in [2.45, 2.75) is 105 Å². The Morgan fingerprint density at radius 3 is 1.44 bits per heavy atom. The Hall–Kier alpha value is -10.8. The Labute approximate surface area is 702 Å². The second kappa shape index (κ2) is 28.7. The van der Waals surface area contributed by atoms with Gasteiger partial charge in [0.05, 0.1) is 63.3 Å². The van der Waals surface area contributed by atoms with E-state index in [1.807, 2.05) is 101 Å². The third kappa shape index (κ3) is 13.3. The normalized spacial score (nSPS) is 16.8. The van der Waals surface area contributed by atoms with Crippen molar-refractivity contribution in [2.75, 3.05) is 0 Å². The summed E-state index contributed by atoms with van der Waals surface area (Å²) in [4.78, 5) is 4.87. The minimum Gasteiger partial charge on any atom is -0.510 e. The number of aromatic nitrogens is 4. The zero-order valence-corrected chi connectivity index (χ0v) is 65.3. The average molecular weight is 1650 g/mol. The number of nitrogens with zero attached hydrogens (tertiary/aromatic N) is 4. The standard InChI is InChI=1S/C100H90N4OSi2.Pt/c1-97(2,3)73-57-58-101-95(66-73)104-90-52-32-31-51-87(90)88-55-54-79(68-92(88)104)105-78-37-34-36-77(67-78)102-69-103(91-56-53-70(62-93(91)102)72-59-74(98(4,5)6)63-75(60-72)99(7,8)9)96-89(71-35-33-50-86(61-71)106(80-38-19-13-20-39-80,81-40-21-14-22-41-81)82-42-23-15-24-43-82)64-76(100(10,11)12)65-94(96)107(83-44-25-16-26-45-83,84-46-27-17-28-47-84)85-48-29-18-30-49-85;/h13-66H,1-12H3;/q-2;/i13D,14D,15D,16D,17D,18D,19D,20D,21D,22D,23D,24D,25D,26D,27D,28D,29D,30D,33D,35D,38D,39D,40D,41D,42D,43D,44D,45D,46D,47D,48D,49D,50D,61D;. The van der Waals surface area contributed by atoms with Crippen LogP contribution < -0.4 is 50.8 Å². The minimum absolute atomic E-state index is 0. The number of para-hydroxylation sites is 1. The van der Waals surface area contributed by atoms with E-state index in [0.29, 0.717) is 22.5 Å². The number of hydrogen-bond acceptors (Lipinski definition) is 2. The van der Waals surface area contributed by atoms with Crippen LogP contribution in [0.3, 0.4) is 0 Å². The van der Waals surface area contributed by atoms with Crippen LogP contribution in [0.1, 0.15) is 152 Å². The predicted octanol–water partition coefficient (Wildman–Crippen LogP) is 18.9. The Bertz CT molecular complexity index is 7610. The molecular formula is C100H90N4OPtSi2-2. The zero-order chi connectivity index (χ0) is 104. The average Bonchev–Trinajstić information content (AvgIpc) is 0.817. The fourth-order valence-electron chi connectivity index (χ4n) is 13.8. The molecule has 0 N–H and O–H groups in total. The van der Waals surface area contributed by atoms with E-state index in [1.54, 1.807) is 69.4 Å². The monoisotopic (exact) mass is 1650 g/mol. The van der Waals surface area contributed by atoms with Gasteiger partial charge in [-0.1, -0.05) is 355 Å². The summed E-state index contributed by atoms with van der Waals surface area (Å²) in [5.74, 6) is 0.732. The maximum atomic E-state index is 11.7. The molecule has 0 fully saturated rings. The maximum Gasteiger partial charge on any atom is 0.268 e. The third-order valence-corrected chi connectivity index (χ3v) is 27.6. The summed E-state index contributed by atoms with van der Waals surface area (Å²) in [5, 5.41) is -7.27. The Morgan fingerprint density at radius 1 is 0.398 bits per heavy atom. The summed E-state index contributed by atoms with van der Waals surface area (Å²) in [7, 11) is -13.6. The molecule has 0 aliphatic rings. The van der Waals surface area contributed by atoms with Crippen LogP contribution in [0, 0.1) is 18.5 Å². The van der Waals surface area contributed by atoms with Crippen molar-refractivity contribution in [1.82, 2.24) is 14.1 Å². The number of benzene rings is 13. The van der Waals surface area contributed by atoms with Gasteiger partial charge in [0.25, 0.3) is 6.33 Å². The molecule has 536 valence electrons. The van der Waals surface area contributed by atoms with Crippen molar-refractivity contribution in [2.24, 2.45) is 0 Å². The molecule has 0 aliphatic carbocycles. The van der Waals surface area contributed by atoms with Crippen molar-refractivity contribution < 1.29 is 77.0 Å². The number of imidazole rings is 1. The van der Waals surface area contributed by atoms with Crippen LogP contribution in [0.25, 0.3) is 72.3 Å². The van der Waals surface area contributed by atoms with Gasteiger partial charge in [0.2, 0.25) is 0 Å². The molecule has 108 heavy (non-hydrogen) atoms. The van der Waals surface area contributed by atoms with Gasteiger partial charge in [-0.25, -0.2) is 4.98 Å². The first-order chi connectivity index (χ1) is 65.7. The van der Waals surface area contributed by atoms with Crippen molar-refractivity contribution in [3.63, 3.8) is 0 Å². The van der Waals surface area contributed by atoms with Crippen LogP contribution in [0.4, 0.5) is 0 Å². The Balaban J connectivity index is 0.0000152. The first kappa shape index (κ1) is 42.7. The van der Waals surface area contributed by atoms with E-state index < -0.39 is 296 Å². The van der Waals surface area contributed by atoms with Gasteiger partial charge in [-0.3, -0.25) is 4.57 Å². The molecule has 0 amide bonds. The second-order valence-corrected chi connectivity index (χ2v) is 37.3. The fourth-order valence-corrected chi connectivity index (χ4v) is 21.4. The minimum atomic E-state index is -6.86. The SMILES string of the molecule is [2H]c1c([2H])c([2H])c([Si](c2cc(C(C)(C)C)cc(-c3c([2H])c([2H])c([2H])c([Si](c4c([2H])c([2H])c([2H])c([2H])c4[2H])(c4c([2H])c([2H])c([2H])c([2H])c4[2H])c4c([2H])c([2H])c([2H])c([2H])c4[2H])c3[2H])c2-[n+]2[c-]n(-c3[c-]c(Oc4[c-]c5c(cc4)c4ccccc4n5-c4cc(C(C)(C)C)ccn4)ccc3)c3cc(-c4cc(C(C)(C)C)cc(C(C)(C)C)c4)ccc32)(c2c([2H])c([2H])c([2H])c([2H])c2[2H])c2c([2H])c([2H])c([2H])c([2H])c2[2H])c([2H])c1[2H].[Pt]. The van der Waals surface area contributed by atoms with Gasteiger partial charge >= 0.3 is 0 Å². The summed E-state index contributed by atoms with van der Waals surface area (Å²) in [6.07, 6.45) is 5.21. The summed E-state index contributed by atoms with van der Waals surface area (Å²) in [5.41, 5.74) is -0.399. The molecule has 8 heteroatoms. The molecule has 3 aromatic heterocycles. The summed E-state index contributed by atoms with van der Waals surface area (Å²) in [6, 6.07) is -2.16. The van der Waals surface area contributed by atoms with E-state index in [0.717, 1.165) is 33.0 Å². The third-order valence-electron chi connectivity index (χ3n) is 19.4. The van der Waals surface area contributed by atoms with Crippen molar-refractivity contribution in [3.8, 4) is 50.9 Å². The second-order valence-electron chi connectivity index (χ2n) is 30.3. The number of hydrogen-bond donors (Lipinski definition) is 0. The van der Waals surface area contributed by atoms with Crippen LogP contribution >= 0.6 is 0 Å².